The number of methoxy groups -OCH3 is 2. The maximum Gasteiger partial charge on any atom is 0.133 e. The van der Waals surface area contributed by atoms with Crippen molar-refractivity contribution in [2.24, 2.45) is 0 Å². The summed E-state index contributed by atoms with van der Waals surface area (Å²) in [7, 11) is 3.42. The van der Waals surface area contributed by atoms with Gasteiger partial charge in [-0.3, -0.25) is 0 Å². The van der Waals surface area contributed by atoms with Gasteiger partial charge in [0.25, 0.3) is 0 Å². The van der Waals surface area contributed by atoms with Gasteiger partial charge in [0.2, 0.25) is 0 Å². The zero-order chi connectivity index (χ0) is 13.0. The molecule has 1 unspecified atom stereocenters. The first kappa shape index (κ1) is 13.5. The highest BCUT2D eigenvalue weighted by molar-refractivity contribution is 7.98. The van der Waals surface area contributed by atoms with Crippen molar-refractivity contribution in [1.82, 2.24) is 10.6 Å². The van der Waals surface area contributed by atoms with Crippen LogP contribution in [0.4, 0.5) is 0 Å². The summed E-state index contributed by atoms with van der Waals surface area (Å²) in [6.07, 6.45) is 2.04. The zero-order valence-electron chi connectivity index (χ0n) is 11.1. The van der Waals surface area contributed by atoms with Gasteiger partial charge in [0.05, 0.1) is 19.1 Å². The summed E-state index contributed by atoms with van der Waals surface area (Å²) in [5, 5.41) is 6.88. The number of ether oxygens (including phenoxy) is 2. The molecule has 1 fully saturated rings. The fourth-order valence-electron chi connectivity index (χ4n) is 2.20. The lowest BCUT2D eigenvalue weighted by Gasteiger charge is -2.27. The summed E-state index contributed by atoms with van der Waals surface area (Å²) in [5.74, 6) is 1.83. The molecule has 18 heavy (non-hydrogen) atoms. The second kappa shape index (κ2) is 6.31. The van der Waals surface area contributed by atoms with E-state index >= 15 is 0 Å². The standard InChI is InChI=1S/C13H20N2O2S/c1-16-11-7-13(18-3)12(17-2)6-9(11)10-8-14-4-5-15-10/h6-7,10,14-15H,4-5,8H2,1-3H3. The molecule has 1 aliphatic heterocycles. The van der Waals surface area contributed by atoms with E-state index in [-0.39, 0.29) is 6.04 Å². The Kier molecular flexibility index (Phi) is 4.74. The smallest absolute Gasteiger partial charge is 0.133 e. The van der Waals surface area contributed by atoms with E-state index in [4.69, 9.17) is 9.47 Å². The number of rotatable bonds is 4. The SMILES string of the molecule is COc1cc(C2CNCCN2)c(OC)cc1SC. The average molecular weight is 268 g/mol. The second-order valence-electron chi connectivity index (χ2n) is 4.16. The largest absolute Gasteiger partial charge is 0.496 e. The van der Waals surface area contributed by atoms with Crippen LogP contribution in [0.25, 0.3) is 0 Å². The molecule has 0 radical (unpaired) electrons. The van der Waals surface area contributed by atoms with Crippen LogP contribution in [0.15, 0.2) is 17.0 Å². The summed E-state index contributed by atoms with van der Waals surface area (Å²) < 4.78 is 10.9. The van der Waals surface area contributed by atoms with Crippen LogP contribution in [0.3, 0.4) is 0 Å². The monoisotopic (exact) mass is 268 g/mol. The summed E-state index contributed by atoms with van der Waals surface area (Å²) >= 11 is 1.66. The van der Waals surface area contributed by atoms with E-state index in [0.717, 1.165) is 41.6 Å². The molecule has 0 amide bonds. The van der Waals surface area contributed by atoms with Crippen molar-refractivity contribution < 1.29 is 9.47 Å². The van der Waals surface area contributed by atoms with Crippen LogP contribution in [0.2, 0.25) is 0 Å². The maximum atomic E-state index is 5.50. The van der Waals surface area contributed by atoms with Crippen molar-refractivity contribution in [3.05, 3.63) is 17.7 Å². The minimum atomic E-state index is 0.276. The van der Waals surface area contributed by atoms with Gasteiger partial charge in [-0.2, -0.15) is 0 Å². The molecule has 1 heterocycles. The van der Waals surface area contributed by atoms with Gasteiger partial charge in [-0.25, -0.2) is 0 Å². The Labute approximate surface area is 112 Å². The van der Waals surface area contributed by atoms with E-state index in [9.17, 15) is 0 Å². The van der Waals surface area contributed by atoms with Gasteiger partial charge in [-0.15, -0.1) is 11.8 Å². The quantitative estimate of drug-likeness (QED) is 0.813. The maximum absolute atomic E-state index is 5.50. The van der Waals surface area contributed by atoms with Gasteiger partial charge in [-0.1, -0.05) is 0 Å². The lowest BCUT2D eigenvalue weighted by Crippen LogP contribution is -2.42. The van der Waals surface area contributed by atoms with Crippen molar-refractivity contribution in [3.8, 4) is 11.5 Å². The first-order chi connectivity index (χ1) is 8.80. The van der Waals surface area contributed by atoms with E-state index in [0.29, 0.717) is 0 Å². The zero-order valence-corrected chi connectivity index (χ0v) is 11.9. The van der Waals surface area contributed by atoms with E-state index in [1.807, 2.05) is 6.26 Å². The van der Waals surface area contributed by atoms with Gasteiger partial charge in [0.1, 0.15) is 11.5 Å². The van der Waals surface area contributed by atoms with Crippen molar-refractivity contribution in [1.29, 1.82) is 0 Å². The molecule has 100 valence electrons. The van der Waals surface area contributed by atoms with Gasteiger partial charge in [0, 0.05) is 31.2 Å². The molecular formula is C13H20N2O2S. The molecular weight excluding hydrogens is 248 g/mol. The highest BCUT2D eigenvalue weighted by atomic mass is 32.2. The van der Waals surface area contributed by atoms with Crippen LogP contribution in [0.5, 0.6) is 11.5 Å². The Morgan fingerprint density at radius 2 is 1.94 bits per heavy atom. The molecule has 0 saturated carbocycles. The van der Waals surface area contributed by atoms with Gasteiger partial charge in [0.15, 0.2) is 0 Å². The lowest BCUT2D eigenvalue weighted by atomic mass is 10.0. The fraction of sp³-hybridized carbons (Fsp3) is 0.538. The number of nitrogens with one attached hydrogen (secondary N) is 2. The van der Waals surface area contributed by atoms with Crippen molar-refractivity contribution in [2.75, 3.05) is 40.1 Å². The summed E-state index contributed by atoms with van der Waals surface area (Å²) in [6, 6.07) is 4.41. The van der Waals surface area contributed by atoms with E-state index < -0.39 is 0 Å². The van der Waals surface area contributed by atoms with Crippen molar-refractivity contribution in [2.45, 2.75) is 10.9 Å². The third-order valence-corrected chi connectivity index (χ3v) is 3.91. The van der Waals surface area contributed by atoms with Crippen LogP contribution in [0.1, 0.15) is 11.6 Å². The molecule has 0 aromatic heterocycles. The third kappa shape index (κ3) is 2.74. The molecule has 1 atom stereocenters. The van der Waals surface area contributed by atoms with Gasteiger partial charge < -0.3 is 20.1 Å². The van der Waals surface area contributed by atoms with Crippen LogP contribution < -0.4 is 20.1 Å². The predicted molar refractivity (Wildman–Crippen MR) is 74.9 cm³/mol. The Hall–Kier alpha value is -0.910. The highest BCUT2D eigenvalue weighted by Crippen LogP contribution is 2.37. The van der Waals surface area contributed by atoms with Crippen LogP contribution in [0, 0.1) is 0 Å². The first-order valence-corrected chi connectivity index (χ1v) is 7.26. The average Bonchev–Trinajstić information content (AvgIpc) is 2.46. The number of piperazine rings is 1. The van der Waals surface area contributed by atoms with Gasteiger partial charge in [-0.05, 0) is 18.4 Å². The molecule has 1 aliphatic rings. The Morgan fingerprint density at radius 3 is 2.50 bits per heavy atom. The summed E-state index contributed by atoms with van der Waals surface area (Å²) in [5.41, 5.74) is 1.15. The number of hydrogen-bond donors (Lipinski definition) is 2. The Bertz CT molecular complexity index is 406. The molecule has 1 saturated heterocycles. The third-order valence-electron chi connectivity index (χ3n) is 3.15. The normalized spacial score (nSPS) is 19.6. The molecule has 1 aromatic rings. The van der Waals surface area contributed by atoms with E-state index in [2.05, 4.69) is 22.8 Å². The summed E-state index contributed by atoms with van der Waals surface area (Å²) in [4.78, 5) is 1.10. The molecule has 2 N–H and O–H groups in total. The van der Waals surface area contributed by atoms with Crippen molar-refractivity contribution in [3.63, 3.8) is 0 Å². The van der Waals surface area contributed by atoms with E-state index in [1.165, 1.54) is 0 Å². The molecule has 1 aromatic carbocycles. The molecule has 0 bridgehead atoms. The van der Waals surface area contributed by atoms with Crippen LogP contribution in [-0.2, 0) is 0 Å². The Balaban J connectivity index is 2.37. The van der Waals surface area contributed by atoms with Crippen LogP contribution in [-0.4, -0.2) is 40.1 Å². The Morgan fingerprint density at radius 1 is 1.17 bits per heavy atom. The number of thioether (sulfide) groups is 1. The molecule has 4 nitrogen and oxygen atoms in total. The minimum absolute atomic E-state index is 0.276. The predicted octanol–water partition coefficient (Wildman–Crippen LogP) is 1.66. The topological polar surface area (TPSA) is 42.5 Å². The van der Waals surface area contributed by atoms with Crippen LogP contribution >= 0.6 is 11.8 Å². The minimum Gasteiger partial charge on any atom is -0.496 e. The molecule has 0 spiro atoms. The summed E-state index contributed by atoms with van der Waals surface area (Å²) in [6.45, 7) is 2.90. The molecule has 5 heteroatoms. The lowest BCUT2D eigenvalue weighted by molar-refractivity contribution is 0.370. The highest BCUT2D eigenvalue weighted by Gasteiger charge is 2.20. The fourth-order valence-corrected chi connectivity index (χ4v) is 2.77. The molecule has 0 aliphatic carbocycles. The van der Waals surface area contributed by atoms with Gasteiger partial charge >= 0.3 is 0 Å². The number of hydrogen-bond acceptors (Lipinski definition) is 5. The van der Waals surface area contributed by atoms with Crippen molar-refractivity contribution >= 4 is 11.8 Å². The number of benzene rings is 1. The van der Waals surface area contributed by atoms with E-state index in [1.54, 1.807) is 26.0 Å². The first-order valence-electron chi connectivity index (χ1n) is 6.04. The second-order valence-corrected chi connectivity index (χ2v) is 5.01. The molecule has 2 rings (SSSR count).